The molecule has 0 atom stereocenters. The van der Waals surface area contributed by atoms with Crippen LogP contribution in [0.4, 0.5) is 5.82 Å². The largest absolute Gasteiger partial charge is 0.383 e. The number of nitrogens with zero attached hydrogens (tertiary/aromatic N) is 2. The molecule has 2 rings (SSSR count). The van der Waals surface area contributed by atoms with Crippen molar-refractivity contribution in [1.82, 2.24) is 15.3 Å². The van der Waals surface area contributed by atoms with Gasteiger partial charge in [0.05, 0.1) is 6.61 Å². The minimum absolute atomic E-state index is 0.183. The van der Waals surface area contributed by atoms with E-state index in [2.05, 4.69) is 27.5 Å². The van der Waals surface area contributed by atoms with Crippen LogP contribution in [0.3, 0.4) is 0 Å². The molecule has 0 spiro atoms. The smallest absolute Gasteiger partial charge is 0.270 e. The van der Waals surface area contributed by atoms with Crippen LogP contribution in [-0.4, -0.2) is 42.7 Å². The molecule has 1 aromatic heterocycles. The van der Waals surface area contributed by atoms with Gasteiger partial charge in [-0.05, 0) is 6.42 Å². The zero-order valence-corrected chi connectivity index (χ0v) is 14.2. The standard InChI is InChI=1S/C18H24N4O2/c1-3-4-10-20-18(23)15-13-16(19-11-12-24-2)22-17(21-15)14-8-6-5-7-9-14/h5-9,13H,3-4,10-12H2,1-2H3,(H,20,23)(H,19,21,22). The molecule has 0 fully saturated rings. The zero-order chi connectivity index (χ0) is 17.2. The van der Waals surface area contributed by atoms with E-state index >= 15 is 0 Å². The lowest BCUT2D eigenvalue weighted by molar-refractivity contribution is 0.0948. The predicted octanol–water partition coefficient (Wildman–Crippen LogP) is 2.73. The Morgan fingerprint density at radius 1 is 1.17 bits per heavy atom. The predicted molar refractivity (Wildman–Crippen MR) is 95.1 cm³/mol. The highest BCUT2D eigenvalue weighted by molar-refractivity contribution is 5.93. The molecule has 0 aliphatic heterocycles. The first-order valence-corrected chi connectivity index (χ1v) is 8.20. The lowest BCUT2D eigenvalue weighted by atomic mass is 10.2. The maximum atomic E-state index is 12.3. The minimum Gasteiger partial charge on any atom is -0.383 e. The van der Waals surface area contributed by atoms with Gasteiger partial charge in [-0.15, -0.1) is 0 Å². The summed E-state index contributed by atoms with van der Waals surface area (Å²) in [6.07, 6.45) is 1.98. The Morgan fingerprint density at radius 3 is 2.67 bits per heavy atom. The number of amides is 1. The van der Waals surface area contributed by atoms with Gasteiger partial charge in [0.1, 0.15) is 11.5 Å². The van der Waals surface area contributed by atoms with Gasteiger partial charge in [0.2, 0.25) is 0 Å². The molecule has 0 radical (unpaired) electrons. The maximum Gasteiger partial charge on any atom is 0.270 e. The fraction of sp³-hybridized carbons (Fsp3) is 0.389. The normalized spacial score (nSPS) is 10.4. The van der Waals surface area contributed by atoms with Gasteiger partial charge in [-0.2, -0.15) is 0 Å². The van der Waals surface area contributed by atoms with Gasteiger partial charge in [-0.25, -0.2) is 9.97 Å². The Hall–Kier alpha value is -2.47. The highest BCUT2D eigenvalue weighted by atomic mass is 16.5. The van der Waals surface area contributed by atoms with Crippen LogP contribution in [0.2, 0.25) is 0 Å². The number of ether oxygens (including phenoxy) is 1. The SMILES string of the molecule is CCCCNC(=O)c1cc(NCCOC)nc(-c2ccccc2)n1. The van der Waals surface area contributed by atoms with Crippen LogP contribution in [0.15, 0.2) is 36.4 Å². The fourth-order valence-corrected chi connectivity index (χ4v) is 2.12. The van der Waals surface area contributed by atoms with Crippen molar-refractivity contribution < 1.29 is 9.53 Å². The van der Waals surface area contributed by atoms with Crippen molar-refractivity contribution >= 4 is 11.7 Å². The molecular formula is C18H24N4O2. The van der Waals surface area contributed by atoms with Gasteiger partial charge < -0.3 is 15.4 Å². The van der Waals surface area contributed by atoms with E-state index in [1.165, 1.54) is 0 Å². The molecule has 6 nitrogen and oxygen atoms in total. The molecule has 0 aliphatic rings. The molecule has 6 heteroatoms. The van der Waals surface area contributed by atoms with Gasteiger partial charge in [0.15, 0.2) is 5.82 Å². The third-order valence-corrected chi connectivity index (χ3v) is 3.42. The summed E-state index contributed by atoms with van der Waals surface area (Å²) in [6.45, 7) is 3.90. The van der Waals surface area contributed by atoms with E-state index in [1.54, 1.807) is 13.2 Å². The van der Waals surface area contributed by atoms with E-state index in [0.717, 1.165) is 18.4 Å². The second-order valence-corrected chi connectivity index (χ2v) is 5.36. The number of carbonyl (C=O) groups excluding carboxylic acids is 1. The number of methoxy groups -OCH3 is 1. The van der Waals surface area contributed by atoms with E-state index in [0.29, 0.717) is 37.0 Å². The summed E-state index contributed by atoms with van der Waals surface area (Å²) in [5.41, 5.74) is 1.23. The van der Waals surface area contributed by atoms with Crippen LogP contribution in [0.5, 0.6) is 0 Å². The van der Waals surface area contributed by atoms with Gasteiger partial charge >= 0.3 is 0 Å². The van der Waals surface area contributed by atoms with Gasteiger partial charge in [-0.1, -0.05) is 43.7 Å². The van der Waals surface area contributed by atoms with Crippen molar-refractivity contribution in [2.45, 2.75) is 19.8 Å². The second-order valence-electron chi connectivity index (χ2n) is 5.36. The molecule has 0 saturated heterocycles. The minimum atomic E-state index is -0.183. The molecule has 2 aromatic rings. The van der Waals surface area contributed by atoms with Crippen LogP contribution in [0.25, 0.3) is 11.4 Å². The first-order valence-electron chi connectivity index (χ1n) is 8.20. The van der Waals surface area contributed by atoms with E-state index < -0.39 is 0 Å². The molecule has 0 aliphatic carbocycles. The fourth-order valence-electron chi connectivity index (χ4n) is 2.12. The van der Waals surface area contributed by atoms with Crippen LogP contribution in [0.1, 0.15) is 30.3 Å². The lowest BCUT2D eigenvalue weighted by Gasteiger charge is -2.10. The van der Waals surface area contributed by atoms with Gasteiger partial charge in [0.25, 0.3) is 5.91 Å². The molecule has 1 heterocycles. The molecule has 24 heavy (non-hydrogen) atoms. The first-order chi connectivity index (χ1) is 11.7. The number of rotatable bonds is 9. The molecule has 2 N–H and O–H groups in total. The molecule has 1 aromatic carbocycles. The van der Waals surface area contributed by atoms with E-state index in [-0.39, 0.29) is 5.91 Å². The first kappa shape index (κ1) is 17.9. The number of nitrogens with one attached hydrogen (secondary N) is 2. The van der Waals surface area contributed by atoms with Crippen molar-refractivity contribution in [3.8, 4) is 11.4 Å². The van der Waals surface area contributed by atoms with Crippen LogP contribution in [-0.2, 0) is 4.74 Å². The summed E-state index contributed by atoms with van der Waals surface area (Å²) in [5, 5.41) is 6.05. The van der Waals surface area contributed by atoms with E-state index in [4.69, 9.17) is 4.74 Å². The summed E-state index contributed by atoms with van der Waals surface area (Å²) in [6, 6.07) is 11.3. The lowest BCUT2D eigenvalue weighted by Crippen LogP contribution is -2.26. The Balaban J connectivity index is 2.24. The Bertz CT molecular complexity index is 647. The average molecular weight is 328 g/mol. The Labute approximate surface area is 142 Å². The Kier molecular flexibility index (Phi) is 7.17. The molecule has 1 amide bonds. The molecule has 0 saturated carbocycles. The third-order valence-electron chi connectivity index (χ3n) is 3.42. The number of hydrogen-bond acceptors (Lipinski definition) is 5. The topological polar surface area (TPSA) is 76.1 Å². The summed E-state index contributed by atoms with van der Waals surface area (Å²) in [5.74, 6) is 0.957. The average Bonchev–Trinajstić information content (AvgIpc) is 2.62. The molecular weight excluding hydrogens is 304 g/mol. The van der Waals surface area contributed by atoms with Crippen molar-refractivity contribution in [2.24, 2.45) is 0 Å². The van der Waals surface area contributed by atoms with Gasteiger partial charge in [-0.3, -0.25) is 4.79 Å². The van der Waals surface area contributed by atoms with Crippen molar-refractivity contribution in [3.63, 3.8) is 0 Å². The quantitative estimate of drug-likeness (QED) is 0.692. The van der Waals surface area contributed by atoms with Crippen LogP contribution < -0.4 is 10.6 Å². The third kappa shape index (κ3) is 5.31. The second kappa shape index (κ2) is 9.62. The van der Waals surface area contributed by atoms with Crippen LogP contribution in [0, 0.1) is 0 Å². The molecule has 0 bridgehead atoms. The Morgan fingerprint density at radius 2 is 1.96 bits per heavy atom. The highest BCUT2D eigenvalue weighted by Crippen LogP contribution is 2.17. The number of carbonyl (C=O) groups is 1. The molecule has 0 unspecified atom stereocenters. The monoisotopic (exact) mass is 328 g/mol. The van der Waals surface area contributed by atoms with Crippen molar-refractivity contribution in [3.05, 3.63) is 42.1 Å². The van der Waals surface area contributed by atoms with Gasteiger partial charge in [0, 0.05) is 31.8 Å². The maximum absolute atomic E-state index is 12.3. The number of hydrogen-bond donors (Lipinski definition) is 2. The van der Waals surface area contributed by atoms with Crippen LogP contribution >= 0.6 is 0 Å². The van der Waals surface area contributed by atoms with Crippen molar-refractivity contribution in [1.29, 1.82) is 0 Å². The summed E-state index contributed by atoms with van der Waals surface area (Å²) >= 11 is 0. The summed E-state index contributed by atoms with van der Waals surface area (Å²) < 4.78 is 5.04. The highest BCUT2D eigenvalue weighted by Gasteiger charge is 2.12. The summed E-state index contributed by atoms with van der Waals surface area (Å²) in [7, 11) is 1.64. The molecule has 128 valence electrons. The number of unbranched alkanes of at least 4 members (excludes halogenated alkanes) is 1. The van der Waals surface area contributed by atoms with Crippen molar-refractivity contribution in [2.75, 3.05) is 32.1 Å². The number of benzene rings is 1. The summed E-state index contributed by atoms with van der Waals surface area (Å²) in [4.78, 5) is 21.2. The number of aromatic nitrogens is 2. The van der Waals surface area contributed by atoms with E-state index in [1.807, 2.05) is 30.3 Å². The zero-order valence-electron chi connectivity index (χ0n) is 14.2. The number of anilines is 1. The van der Waals surface area contributed by atoms with E-state index in [9.17, 15) is 4.79 Å².